The number of allylic oxidation sites excluding steroid dienone is 2. The Kier molecular flexibility index (Phi) is 7.18. The first-order chi connectivity index (χ1) is 20.5. The summed E-state index contributed by atoms with van der Waals surface area (Å²) in [5.74, 6) is -5.44. The number of anilines is 1. The van der Waals surface area contributed by atoms with Gasteiger partial charge in [0.1, 0.15) is 17.2 Å². The number of rotatable bonds is 6. The lowest BCUT2D eigenvalue weighted by Gasteiger charge is -2.51. The van der Waals surface area contributed by atoms with Crippen LogP contribution in [0.3, 0.4) is 0 Å². The molecule has 4 aliphatic rings. The van der Waals surface area contributed by atoms with E-state index in [0.29, 0.717) is 16.8 Å². The molecule has 0 spiro atoms. The highest BCUT2D eigenvalue weighted by Gasteiger charge is 2.76. The fourth-order valence-corrected chi connectivity index (χ4v) is 8.70. The van der Waals surface area contributed by atoms with E-state index in [-0.39, 0.29) is 41.5 Å². The molecule has 0 aromatic heterocycles. The molecule has 2 aliphatic heterocycles. The summed E-state index contributed by atoms with van der Waals surface area (Å²) in [6.07, 6.45) is 3.54. The smallest absolute Gasteiger partial charge is 0.254 e. The van der Waals surface area contributed by atoms with Crippen LogP contribution in [0.1, 0.15) is 29.9 Å². The van der Waals surface area contributed by atoms with Gasteiger partial charge in [-0.25, -0.2) is 0 Å². The van der Waals surface area contributed by atoms with Crippen LogP contribution >= 0.6 is 39.1 Å². The number of ether oxygens (including phenoxy) is 2. The molecule has 2 saturated heterocycles. The molecule has 2 aromatic carbocycles. The third kappa shape index (κ3) is 3.88. The van der Waals surface area contributed by atoms with E-state index < -0.39 is 51.1 Å². The number of phenols is 1. The Hall–Kier alpha value is -3.34. The predicted octanol–water partition coefficient (Wildman–Crippen LogP) is 4.97. The summed E-state index contributed by atoms with van der Waals surface area (Å²) in [7, 11) is 2.78. The number of benzene rings is 2. The van der Waals surface area contributed by atoms with Crippen LogP contribution in [0.15, 0.2) is 54.6 Å². The Morgan fingerprint density at radius 1 is 1.02 bits per heavy atom. The fraction of sp³-hybridized carbons (Fsp3) is 0.355. The number of fused-ring (bicyclic) bond motifs is 4. The molecule has 2 heterocycles. The number of amides is 4. The van der Waals surface area contributed by atoms with Crippen molar-refractivity contribution in [2.45, 2.75) is 28.5 Å². The summed E-state index contributed by atoms with van der Waals surface area (Å²) in [6, 6.07) is 9.62. The van der Waals surface area contributed by atoms with E-state index in [0.717, 1.165) is 10.5 Å². The minimum absolute atomic E-state index is 0.147. The quantitative estimate of drug-likeness (QED) is 0.197. The van der Waals surface area contributed by atoms with E-state index >= 15 is 0 Å². The van der Waals surface area contributed by atoms with Crippen LogP contribution < -0.4 is 14.4 Å². The van der Waals surface area contributed by atoms with Gasteiger partial charge in [-0.1, -0.05) is 52.4 Å². The first-order valence-corrected chi connectivity index (χ1v) is 15.4. The number of hydrogen-bond acceptors (Lipinski definition) is 7. The van der Waals surface area contributed by atoms with Crippen molar-refractivity contribution in [3.63, 3.8) is 0 Å². The van der Waals surface area contributed by atoms with Crippen LogP contribution in [0.2, 0.25) is 0 Å². The monoisotopic (exact) mass is 688 g/mol. The minimum Gasteiger partial charge on any atom is -0.508 e. The second-order valence-electron chi connectivity index (χ2n) is 11.1. The zero-order chi connectivity index (χ0) is 31.0. The largest absolute Gasteiger partial charge is 0.508 e. The van der Waals surface area contributed by atoms with E-state index in [1.54, 1.807) is 30.3 Å². The molecule has 6 unspecified atom stereocenters. The number of nitrogens with zero attached hydrogens (tertiary/aromatic N) is 2. The standard InChI is InChI=1S/C31H27BrCl2N2O7/c1-4-15-5-7-16(8-6-15)36-26(38)19-10-9-18-20(23(19)27(36)39)13-30(33)28(40)35(14-32)29(41)31(30,34)25(18)24-21(42-2)11-17(37)12-22(24)43-3/h4-9,11-12,19-20,23,25,37H,1,10,13-14H2,2-3H3. The number of aromatic hydroxyl groups is 1. The van der Waals surface area contributed by atoms with Gasteiger partial charge in [-0.2, -0.15) is 0 Å². The molecule has 2 aliphatic carbocycles. The van der Waals surface area contributed by atoms with Crippen molar-refractivity contribution in [3.05, 3.63) is 65.8 Å². The van der Waals surface area contributed by atoms with E-state index in [1.165, 1.54) is 31.3 Å². The van der Waals surface area contributed by atoms with Gasteiger partial charge in [0, 0.05) is 23.6 Å². The molecule has 43 heavy (non-hydrogen) atoms. The van der Waals surface area contributed by atoms with Crippen molar-refractivity contribution < 1.29 is 33.8 Å². The minimum atomic E-state index is -2.04. The van der Waals surface area contributed by atoms with Crippen LogP contribution in [-0.4, -0.2) is 63.1 Å². The number of alkyl halides is 3. The van der Waals surface area contributed by atoms with Gasteiger partial charge in [0.15, 0.2) is 9.75 Å². The second-order valence-corrected chi connectivity index (χ2v) is 12.8. The van der Waals surface area contributed by atoms with Gasteiger partial charge < -0.3 is 14.6 Å². The van der Waals surface area contributed by atoms with Crippen LogP contribution in [0.5, 0.6) is 17.2 Å². The number of carbonyl (C=O) groups is 4. The second kappa shape index (κ2) is 10.4. The van der Waals surface area contributed by atoms with Gasteiger partial charge >= 0.3 is 0 Å². The molecule has 1 N–H and O–H groups in total. The summed E-state index contributed by atoms with van der Waals surface area (Å²) in [6.45, 7) is 3.75. The summed E-state index contributed by atoms with van der Waals surface area (Å²) >= 11 is 17.8. The van der Waals surface area contributed by atoms with Gasteiger partial charge in [-0.15, -0.1) is 23.2 Å². The molecule has 3 fully saturated rings. The first kappa shape index (κ1) is 29.7. The Labute approximate surface area is 266 Å². The van der Waals surface area contributed by atoms with Crippen LogP contribution in [0.4, 0.5) is 5.69 Å². The van der Waals surface area contributed by atoms with Crippen molar-refractivity contribution in [1.82, 2.24) is 4.90 Å². The number of imide groups is 2. The van der Waals surface area contributed by atoms with Crippen LogP contribution in [0.25, 0.3) is 6.08 Å². The molecule has 2 aromatic rings. The molecule has 12 heteroatoms. The number of halogens is 3. The molecular weight excluding hydrogens is 663 g/mol. The Bertz CT molecular complexity index is 1600. The SMILES string of the molecule is C=Cc1ccc(N2C(=O)C3CC=C4C(CC5(Cl)C(=O)N(CBr)C(=O)C5(Cl)C4c4c(OC)cc(O)cc4OC)C3C2=O)cc1. The lowest BCUT2D eigenvalue weighted by atomic mass is 9.56. The number of phenolic OH excluding ortho intramolecular Hbond substituents is 1. The molecule has 6 atom stereocenters. The predicted molar refractivity (Wildman–Crippen MR) is 164 cm³/mol. The molecule has 4 amide bonds. The maximum atomic E-state index is 14.2. The zero-order valence-electron chi connectivity index (χ0n) is 23.2. The highest BCUT2D eigenvalue weighted by Crippen LogP contribution is 2.67. The van der Waals surface area contributed by atoms with Gasteiger partial charge in [0.25, 0.3) is 11.8 Å². The van der Waals surface area contributed by atoms with Crippen molar-refractivity contribution >= 4 is 74.5 Å². The van der Waals surface area contributed by atoms with E-state index in [4.69, 9.17) is 32.7 Å². The molecule has 6 rings (SSSR count). The third-order valence-corrected chi connectivity index (χ3v) is 11.1. The molecule has 224 valence electrons. The van der Waals surface area contributed by atoms with Crippen molar-refractivity contribution in [2.75, 3.05) is 24.6 Å². The summed E-state index contributed by atoms with van der Waals surface area (Å²) in [5.41, 5.74) is 1.99. The van der Waals surface area contributed by atoms with Crippen molar-refractivity contribution in [1.29, 1.82) is 0 Å². The van der Waals surface area contributed by atoms with Gasteiger partial charge in [0.05, 0.1) is 37.2 Å². The molecule has 0 radical (unpaired) electrons. The molecular formula is C31H27BrCl2N2O7. The summed E-state index contributed by atoms with van der Waals surface area (Å²) in [4.78, 5) is 53.9. The molecule has 9 nitrogen and oxygen atoms in total. The lowest BCUT2D eigenvalue weighted by molar-refractivity contribution is -0.138. The molecule has 0 bridgehead atoms. The van der Waals surface area contributed by atoms with E-state index in [1.807, 2.05) is 6.08 Å². The number of carbonyl (C=O) groups excluding carboxylic acids is 4. The Balaban J connectivity index is 1.56. The van der Waals surface area contributed by atoms with Gasteiger partial charge in [0.2, 0.25) is 11.8 Å². The lowest BCUT2D eigenvalue weighted by Crippen LogP contribution is -2.60. The van der Waals surface area contributed by atoms with Gasteiger partial charge in [-0.05, 0) is 36.5 Å². The van der Waals surface area contributed by atoms with E-state index in [9.17, 15) is 24.3 Å². The number of methoxy groups -OCH3 is 2. The zero-order valence-corrected chi connectivity index (χ0v) is 26.3. The summed E-state index contributed by atoms with van der Waals surface area (Å²) < 4.78 is 11.3. The van der Waals surface area contributed by atoms with Crippen molar-refractivity contribution in [2.24, 2.45) is 17.8 Å². The van der Waals surface area contributed by atoms with Crippen LogP contribution in [0, 0.1) is 17.8 Å². The average Bonchev–Trinajstić information content (AvgIpc) is 3.34. The van der Waals surface area contributed by atoms with Gasteiger partial charge in [-0.3, -0.25) is 29.0 Å². The Morgan fingerprint density at radius 2 is 1.65 bits per heavy atom. The molecule has 1 saturated carbocycles. The highest BCUT2D eigenvalue weighted by atomic mass is 79.9. The fourth-order valence-electron chi connectivity index (χ4n) is 7.29. The van der Waals surface area contributed by atoms with Crippen LogP contribution in [-0.2, 0) is 19.2 Å². The van der Waals surface area contributed by atoms with E-state index in [2.05, 4.69) is 22.5 Å². The number of likely N-dealkylation sites (tertiary alicyclic amines) is 1. The highest BCUT2D eigenvalue weighted by molar-refractivity contribution is 9.09. The number of hydrogen-bond donors (Lipinski definition) is 1. The third-order valence-electron chi connectivity index (χ3n) is 9.22. The normalized spacial score (nSPS) is 31.4. The Morgan fingerprint density at radius 3 is 2.21 bits per heavy atom. The van der Waals surface area contributed by atoms with Crippen molar-refractivity contribution in [3.8, 4) is 17.2 Å². The summed E-state index contributed by atoms with van der Waals surface area (Å²) in [5, 5.41) is 10.4. The first-order valence-electron chi connectivity index (χ1n) is 13.5. The maximum Gasteiger partial charge on any atom is 0.254 e. The topological polar surface area (TPSA) is 113 Å². The average molecular weight is 690 g/mol. The maximum absolute atomic E-state index is 14.2.